The van der Waals surface area contributed by atoms with Crippen LogP contribution in [0, 0.1) is 5.41 Å². The van der Waals surface area contributed by atoms with Gasteiger partial charge in [0.25, 0.3) is 5.91 Å². The molecule has 90 valence electrons. The van der Waals surface area contributed by atoms with Crippen LogP contribution >= 0.6 is 15.9 Å². The first kappa shape index (κ1) is 12.1. The van der Waals surface area contributed by atoms with E-state index >= 15 is 0 Å². The SMILES string of the molecule is CC1(C)C(=O)ON(Cc2ccccc2Br)C1=O. The zero-order chi connectivity index (χ0) is 12.6. The van der Waals surface area contributed by atoms with Crippen molar-refractivity contribution < 1.29 is 14.4 Å². The Morgan fingerprint density at radius 2 is 1.94 bits per heavy atom. The summed E-state index contributed by atoms with van der Waals surface area (Å²) in [6.45, 7) is 3.39. The molecule has 0 spiro atoms. The summed E-state index contributed by atoms with van der Waals surface area (Å²) >= 11 is 3.39. The number of nitrogens with zero attached hydrogens (tertiary/aromatic N) is 1. The van der Waals surface area contributed by atoms with Gasteiger partial charge in [0.1, 0.15) is 5.41 Å². The maximum Gasteiger partial charge on any atom is 0.347 e. The van der Waals surface area contributed by atoms with Crippen molar-refractivity contribution in [1.82, 2.24) is 5.06 Å². The van der Waals surface area contributed by atoms with E-state index in [-0.39, 0.29) is 12.5 Å². The van der Waals surface area contributed by atoms with Crippen molar-refractivity contribution in [2.75, 3.05) is 0 Å². The van der Waals surface area contributed by atoms with E-state index in [1.165, 1.54) is 0 Å². The van der Waals surface area contributed by atoms with Gasteiger partial charge >= 0.3 is 5.97 Å². The lowest BCUT2D eigenvalue weighted by atomic mass is 9.94. The summed E-state index contributed by atoms with van der Waals surface area (Å²) in [4.78, 5) is 28.4. The molecule has 1 heterocycles. The first-order valence-corrected chi connectivity index (χ1v) is 6.00. The highest BCUT2D eigenvalue weighted by Crippen LogP contribution is 2.30. The van der Waals surface area contributed by atoms with E-state index in [1.54, 1.807) is 13.8 Å². The third kappa shape index (κ3) is 2.07. The lowest BCUT2D eigenvalue weighted by Gasteiger charge is -2.15. The maximum absolute atomic E-state index is 11.9. The Morgan fingerprint density at radius 1 is 1.29 bits per heavy atom. The van der Waals surface area contributed by atoms with Gasteiger partial charge in [0.2, 0.25) is 0 Å². The summed E-state index contributed by atoms with van der Waals surface area (Å²) in [5.41, 5.74) is -0.187. The van der Waals surface area contributed by atoms with Crippen molar-refractivity contribution in [3.63, 3.8) is 0 Å². The number of carbonyl (C=O) groups excluding carboxylic acids is 2. The second kappa shape index (κ2) is 4.14. The van der Waals surface area contributed by atoms with E-state index in [0.29, 0.717) is 0 Å². The van der Waals surface area contributed by atoms with Crippen LogP contribution in [-0.4, -0.2) is 16.9 Å². The molecule has 1 amide bonds. The zero-order valence-corrected chi connectivity index (χ0v) is 11.2. The Bertz CT molecular complexity index is 484. The molecule has 1 aromatic rings. The molecular weight excluding hydrogens is 286 g/mol. The fourth-order valence-corrected chi connectivity index (χ4v) is 1.95. The largest absolute Gasteiger partial charge is 0.347 e. The Kier molecular flexibility index (Phi) is 2.95. The molecule has 0 aliphatic carbocycles. The van der Waals surface area contributed by atoms with Crippen LogP contribution in [0.3, 0.4) is 0 Å². The summed E-state index contributed by atoms with van der Waals surface area (Å²) < 4.78 is 0.883. The average Bonchev–Trinajstić information content (AvgIpc) is 2.46. The van der Waals surface area contributed by atoms with Crippen LogP contribution in [0.1, 0.15) is 19.4 Å². The van der Waals surface area contributed by atoms with Crippen LogP contribution in [0.15, 0.2) is 28.7 Å². The molecular formula is C12H12BrNO3. The van der Waals surface area contributed by atoms with E-state index < -0.39 is 11.4 Å². The lowest BCUT2D eigenvalue weighted by molar-refractivity contribution is -0.180. The van der Waals surface area contributed by atoms with Gasteiger partial charge in [-0.3, -0.25) is 4.79 Å². The van der Waals surface area contributed by atoms with Gasteiger partial charge in [0.05, 0.1) is 6.54 Å². The van der Waals surface area contributed by atoms with E-state index in [1.807, 2.05) is 24.3 Å². The Labute approximate surface area is 108 Å². The first-order valence-electron chi connectivity index (χ1n) is 5.20. The van der Waals surface area contributed by atoms with Crippen LogP contribution in [0.4, 0.5) is 0 Å². The van der Waals surface area contributed by atoms with Gasteiger partial charge in [0, 0.05) is 4.47 Å². The van der Waals surface area contributed by atoms with Crippen molar-refractivity contribution >= 4 is 27.8 Å². The smallest absolute Gasteiger partial charge is 0.337 e. The molecule has 1 saturated heterocycles. The van der Waals surface area contributed by atoms with Gasteiger partial charge in [-0.25, -0.2) is 4.79 Å². The molecule has 0 unspecified atom stereocenters. The Hall–Kier alpha value is -1.36. The van der Waals surface area contributed by atoms with Crippen LogP contribution in [0.2, 0.25) is 0 Å². The summed E-state index contributed by atoms with van der Waals surface area (Å²) in [5, 5.41) is 1.11. The molecule has 1 fully saturated rings. The number of halogens is 1. The first-order chi connectivity index (χ1) is 7.93. The van der Waals surface area contributed by atoms with Crippen molar-refractivity contribution in [2.45, 2.75) is 20.4 Å². The minimum Gasteiger partial charge on any atom is -0.337 e. The average molecular weight is 298 g/mol. The third-order valence-electron chi connectivity index (χ3n) is 2.74. The van der Waals surface area contributed by atoms with Gasteiger partial charge < -0.3 is 4.84 Å². The topological polar surface area (TPSA) is 46.6 Å². The van der Waals surface area contributed by atoms with E-state index in [9.17, 15) is 9.59 Å². The molecule has 5 heteroatoms. The highest BCUT2D eigenvalue weighted by atomic mass is 79.9. The number of hydrogen-bond acceptors (Lipinski definition) is 3. The highest BCUT2D eigenvalue weighted by molar-refractivity contribution is 9.10. The van der Waals surface area contributed by atoms with Crippen LogP contribution in [0.5, 0.6) is 0 Å². The standard InChI is InChI=1S/C12H12BrNO3/c1-12(2)10(15)14(17-11(12)16)7-8-5-3-4-6-9(8)13/h3-6H,7H2,1-2H3. The van der Waals surface area contributed by atoms with Crippen molar-refractivity contribution in [3.8, 4) is 0 Å². The van der Waals surface area contributed by atoms with Crippen LogP contribution < -0.4 is 0 Å². The van der Waals surface area contributed by atoms with Crippen molar-refractivity contribution in [1.29, 1.82) is 0 Å². The minimum atomic E-state index is -1.08. The molecule has 0 N–H and O–H groups in total. The molecule has 0 saturated carbocycles. The van der Waals surface area contributed by atoms with Crippen molar-refractivity contribution in [2.24, 2.45) is 5.41 Å². The molecule has 0 bridgehead atoms. The van der Waals surface area contributed by atoms with Crippen LogP contribution in [-0.2, 0) is 21.0 Å². The summed E-state index contributed by atoms with van der Waals surface area (Å²) in [7, 11) is 0. The van der Waals surface area contributed by atoms with Gasteiger partial charge in [-0.15, -0.1) is 0 Å². The molecule has 2 rings (SSSR count). The second-order valence-corrected chi connectivity index (χ2v) is 5.29. The molecule has 1 aliphatic heterocycles. The minimum absolute atomic E-state index is 0.259. The molecule has 0 atom stereocenters. The molecule has 1 aliphatic rings. The normalized spacial score (nSPS) is 18.4. The number of rotatable bonds is 2. The van der Waals surface area contributed by atoms with Crippen molar-refractivity contribution in [3.05, 3.63) is 34.3 Å². The summed E-state index contributed by atoms with van der Waals surface area (Å²) in [6, 6.07) is 7.50. The van der Waals surface area contributed by atoms with Gasteiger partial charge in [0.15, 0.2) is 0 Å². The van der Waals surface area contributed by atoms with Gasteiger partial charge in [-0.1, -0.05) is 34.1 Å². The lowest BCUT2D eigenvalue weighted by Crippen LogP contribution is -2.31. The van der Waals surface area contributed by atoms with Crippen LogP contribution in [0.25, 0.3) is 0 Å². The number of amides is 1. The van der Waals surface area contributed by atoms with Gasteiger partial charge in [-0.2, -0.15) is 5.06 Å². The quantitative estimate of drug-likeness (QED) is 0.787. The predicted molar refractivity (Wildman–Crippen MR) is 64.6 cm³/mol. The number of benzene rings is 1. The summed E-state index contributed by atoms with van der Waals surface area (Å²) in [5.74, 6) is -0.812. The molecule has 17 heavy (non-hydrogen) atoms. The fourth-order valence-electron chi connectivity index (χ4n) is 1.54. The Balaban J connectivity index is 2.20. The number of hydroxylamine groups is 2. The van der Waals surface area contributed by atoms with E-state index in [4.69, 9.17) is 4.84 Å². The number of hydrogen-bond donors (Lipinski definition) is 0. The predicted octanol–water partition coefficient (Wildman–Crippen LogP) is 2.28. The fraction of sp³-hybridized carbons (Fsp3) is 0.333. The summed E-state index contributed by atoms with van der Waals surface area (Å²) in [6.07, 6.45) is 0. The molecule has 4 nitrogen and oxygen atoms in total. The monoisotopic (exact) mass is 297 g/mol. The highest BCUT2D eigenvalue weighted by Gasteiger charge is 2.49. The molecule has 1 aromatic carbocycles. The van der Waals surface area contributed by atoms with Gasteiger partial charge in [-0.05, 0) is 25.5 Å². The molecule has 0 aromatic heterocycles. The zero-order valence-electron chi connectivity index (χ0n) is 9.57. The second-order valence-electron chi connectivity index (χ2n) is 4.44. The number of carbonyl (C=O) groups is 2. The molecule has 0 radical (unpaired) electrons. The Morgan fingerprint density at radius 3 is 2.47 bits per heavy atom. The third-order valence-corrected chi connectivity index (χ3v) is 3.51. The van der Waals surface area contributed by atoms with E-state index in [2.05, 4.69) is 15.9 Å². The van der Waals surface area contributed by atoms with E-state index in [0.717, 1.165) is 15.1 Å². The maximum atomic E-state index is 11.9.